The molecule has 0 saturated carbocycles. The molecular weight excluding hydrogens is 436 g/mol. The molecule has 6 heteroatoms. The van der Waals surface area contributed by atoms with Gasteiger partial charge in [0.05, 0.1) is 17.6 Å². The van der Waals surface area contributed by atoms with Crippen molar-refractivity contribution in [2.75, 3.05) is 16.8 Å². The molecule has 3 aromatic rings. The standard InChI is InChI=1S/C27H25ClN2O3/c1-2-15-26(17-29-22-9-5-3-7-20(22)26)30-23-10-6-4-8-21(23)27(33,25(30)32)16-24(31)18-11-13-19(28)14-12-18/h3-14,29,33H,2,15-17H2,1H3. The molecule has 5 nitrogen and oxygen atoms in total. The van der Waals surface area contributed by atoms with Gasteiger partial charge in [0.1, 0.15) is 0 Å². The van der Waals surface area contributed by atoms with Gasteiger partial charge in [0, 0.05) is 33.9 Å². The number of Topliss-reactive ketones (excluding diaryl/α,β-unsaturated/α-hetero) is 1. The van der Waals surface area contributed by atoms with Crippen LogP contribution < -0.4 is 10.2 Å². The van der Waals surface area contributed by atoms with E-state index in [9.17, 15) is 14.7 Å². The molecule has 0 saturated heterocycles. The minimum atomic E-state index is -1.94. The predicted molar refractivity (Wildman–Crippen MR) is 130 cm³/mol. The highest BCUT2D eigenvalue weighted by Crippen LogP contribution is 2.52. The van der Waals surface area contributed by atoms with E-state index >= 15 is 0 Å². The van der Waals surface area contributed by atoms with Crippen LogP contribution in [0.2, 0.25) is 5.02 Å². The maximum absolute atomic E-state index is 14.1. The molecule has 2 N–H and O–H groups in total. The van der Waals surface area contributed by atoms with E-state index in [-0.39, 0.29) is 12.2 Å². The van der Waals surface area contributed by atoms with Crippen molar-refractivity contribution in [1.82, 2.24) is 0 Å². The van der Waals surface area contributed by atoms with E-state index in [4.69, 9.17) is 11.6 Å². The molecule has 0 radical (unpaired) electrons. The van der Waals surface area contributed by atoms with Crippen LogP contribution in [0.5, 0.6) is 0 Å². The van der Waals surface area contributed by atoms with Gasteiger partial charge in [-0.05, 0) is 42.8 Å². The molecule has 2 atom stereocenters. The highest BCUT2D eigenvalue weighted by molar-refractivity contribution is 6.30. The Morgan fingerprint density at radius 1 is 1.03 bits per heavy atom. The summed E-state index contributed by atoms with van der Waals surface area (Å²) < 4.78 is 0. The highest BCUT2D eigenvalue weighted by atomic mass is 35.5. The molecule has 0 bridgehead atoms. The van der Waals surface area contributed by atoms with Gasteiger partial charge in [0.25, 0.3) is 5.91 Å². The fourth-order valence-electron chi connectivity index (χ4n) is 5.32. The molecule has 2 heterocycles. The zero-order valence-corrected chi connectivity index (χ0v) is 19.1. The Labute approximate surface area is 198 Å². The molecule has 5 rings (SSSR count). The number of carbonyl (C=O) groups excluding carboxylic acids is 2. The number of ketones is 1. The Morgan fingerprint density at radius 3 is 2.42 bits per heavy atom. The van der Waals surface area contributed by atoms with Crippen LogP contribution in [-0.4, -0.2) is 23.3 Å². The van der Waals surface area contributed by atoms with Crippen molar-refractivity contribution in [1.29, 1.82) is 0 Å². The van der Waals surface area contributed by atoms with Crippen molar-refractivity contribution < 1.29 is 14.7 Å². The first kappa shape index (κ1) is 21.7. The van der Waals surface area contributed by atoms with E-state index in [1.807, 2.05) is 36.4 Å². The SMILES string of the molecule is CCCC1(N2C(=O)C(O)(CC(=O)c3ccc(Cl)cc3)c3ccccc32)CNc2ccccc21. The second-order valence-corrected chi connectivity index (χ2v) is 9.24. The van der Waals surface area contributed by atoms with Gasteiger partial charge >= 0.3 is 0 Å². The average Bonchev–Trinajstić information content (AvgIpc) is 3.29. The fourth-order valence-corrected chi connectivity index (χ4v) is 5.45. The van der Waals surface area contributed by atoms with Crippen molar-refractivity contribution in [3.63, 3.8) is 0 Å². The van der Waals surface area contributed by atoms with Gasteiger partial charge in [0.2, 0.25) is 0 Å². The van der Waals surface area contributed by atoms with Crippen molar-refractivity contribution in [2.45, 2.75) is 37.3 Å². The molecule has 0 aromatic heterocycles. The quantitative estimate of drug-likeness (QED) is 0.492. The van der Waals surface area contributed by atoms with E-state index in [1.54, 1.807) is 41.3 Å². The molecule has 33 heavy (non-hydrogen) atoms. The number of amides is 1. The molecule has 0 aliphatic carbocycles. The number of fused-ring (bicyclic) bond motifs is 2. The number of anilines is 2. The predicted octanol–water partition coefficient (Wildman–Crippen LogP) is 5.27. The Bertz CT molecular complexity index is 1240. The van der Waals surface area contributed by atoms with Gasteiger partial charge in [-0.15, -0.1) is 0 Å². The van der Waals surface area contributed by atoms with Gasteiger partial charge < -0.3 is 10.4 Å². The monoisotopic (exact) mass is 460 g/mol. The van der Waals surface area contributed by atoms with Gasteiger partial charge in [-0.2, -0.15) is 0 Å². The largest absolute Gasteiger partial charge is 0.382 e. The Balaban J connectivity index is 1.61. The summed E-state index contributed by atoms with van der Waals surface area (Å²) in [5, 5.41) is 15.8. The normalized spacial score (nSPS) is 23.2. The fraction of sp³-hybridized carbons (Fsp3) is 0.259. The zero-order valence-electron chi connectivity index (χ0n) is 18.3. The second kappa shape index (κ2) is 8.01. The molecule has 3 aromatic carbocycles. The van der Waals surface area contributed by atoms with Gasteiger partial charge in [-0.3, -0.25) is 14.5 Å². The first-order valence-electron chi connectivity index (χ1n) is 11.2. The summed E-state index contributed by atoms with van der Waals surface area (Å²) in [6.07, 6.45) is 1.24. The summed E-state index contributed by atoms with van der Waals surface area (Å²) in [4.78, 5) is 28.9. The van der Waals surface area contributed by atoms with E-state index < -0.39 is 17.0 Å². The number of aliphatic hydroxyl groups is 1. The number of para-hydroxylation sites is 2. The van der Waals surface area contributed by atoms with Crippen molar-refractivity contribution >= 4 is 34.7 Å². The van der Waals surface area contributed by atoms with Crippen LogP contribution in [0.1, 0.15) is 47.7 Å². The molecule has 0 spiro atoms. The van der Waals surface area contributed by atoms with E-state index in [0.717, 1.165) is 24.1 Å². The van der Waals surface area contributed by atoms with Crippen LogP contribution in [0.15, 0.2) is 72.8 Å². The summed E-state index contributed by atoms with van der Waals surface area (Å²) in [7, 11) is 0. The van der Waals surface area contributed by atoms with Crippen LogP contribution in [0.3, 0.4) is 0 Å². The third kappa shape index (κ3) is 3.26. The lowest BCUT2D eigenvalue weighted by molar-refractivity contribution is -0.137. The molecule has 1 amide bonds. The van der Waals surface area contributed by atoms with Gasteiger partial charge in [-0.1, -0.05) is 61.3 Å². The molecular formula is C27H25ClN2O3. The third-order valence-electron chi connectivity index (χ3n) is 6.82. The Kier molecular flexibility index (Phi) is 5.26. The van der Waals surface area contributed by atoms with Crippen LogP contribution >= 0.6 is 11.6 Å². The molecule has 2 aliphatic rings. The second-order valence-electron chi connectivity index (χ2n) is 8.81. The van der Waals surface area contributed by atoms with Crippen molar-refractivity contribution in [3.05, 3.63) is 94.5 Å². The van der Waals surface area contributed by atoms with Gasteiger partial charge in [-0.25, -0.2) is 0 Å². The number of halogens is 1. The Morgan fingerprint density at radius 2 is 1.70 bits per heavy atom. The summed E-state index contributed by atoms with van der Waals surface area (Å²) in [5.41, 5.74) is 0.968. The maximum atomic E-state index is 14.1. The smallest absolute Gasteiger partial charge is 0.265 e. The van der Waals surface area contributed by atoms with Crippen LogP contribution in [0.25, 0.3) is 0 Å². The minimum absolute atomic E-state index is 0.311. The number of hydrogen-bond acceptors (Lipinski definition) is 4. The highest BCUT2D eigenvalue weighted by Gasteiger charge is 2.58. The Hall–Kier alpha value is -3.15. The lowest BCUT2D eigenvalue weighted by Gasteiger charge is -2.40. The molecule has 2 aliphatic heterocycles. The third-order valence-corrected chi connectivity index (χ3v) is 7.07. The molecule has 168 valence electrons. The first-order chi connectivity index (χ1) is 15.9. The van der Waals surface area contributed by atoms with E-state index in [1.165, 1.54) is 0 Å². The summed E-state index contributed by atoms with van der Waals surface area (Å²) in [6.45, 7) is 2.63. The topological polar surface area (TPSA) is 69.6 Å². The number of nitrogens with zero attached hydrogens (tertiary/aromatic N) is 1. The van der Waals surface area contributed by atoms with Gasteiger partial charge in [0.15, 0.2) is 11.4 Å². The molecule has 0 fully saturated rings. The van der Waals surface area contributed by atoms with Crippen LogP contribution in [0, 0.1) is 0 Å². The summed E-state index contributed by atoms with van der Waals surface area (Å²) in [5.74, 6) is -0.772. The van der Waals surface area contributed by atoms with Crippen LogP contribution in [0.4, 0.5) is 11.4 Å². The number of benzene rings is 3. The van der Waals surface area contributed by atoms with E-state index in [2.05, 4.69) is 12.2 Å². The number of hydrogen-bond donors (Lipinski definition) is 2. The van der Waals surface area contributed by atoms with Crippen molar-refractivity contribution in [3.8, 4) is 0 Å². The van der Waals surface area contributed by atoms with Crippen LogP contribution in [-0.2, 0) is 15.9 Å². The summed E-state index contributed by atoms with van der Waals surface area (Å²) in [6, 6.07) is 21.7. The maximum Gasteiger partial charge on any atom is 0.265 e. The summed E-state index contributed by atoms with van der Waals surface area (Å²) >= 11 is 5.95. The average molecular weight is 461 g/mol. The first-order valence-corrected chi connectivity index (χ1v) is 11.6. The molecule has 2 unspecified atom stereocenters. The minimum Gasteiger partial charge on any atom is -0.382 e. The number of nitrogens with one attached hydrogen (secondary N) is 1. The number of rotatable bonds is 6. The lowest BCUT2D eigenvalue weighted by Crippen LogP contribution is -2.53. The van der Waals surface area contributed by atoms with E-state index in [0.29, 0.717) is 28.4 Å². The zero-order chi connectivity index (χ0) is 23.2. The van der Waals surface area contributed by atoms with Crippen molar-refractivity contribution in [2.24, 2.45) is 0 Å². The lowest BCUT2D eigenvalue weighted by atomic mass is 9.84. The number of carbonyl (C=O) groups is 2.